The van der Waals surface area contributed by atoms with Gasteiger partial charge < -0.3 is 20.6 Å². The van der Waals surface area contributed by atoms with Crippen LogP contribution in [0.25, 0.3) is 0 Å². The van der Waals surface area contributed by atoms with Gasteiger partial charge in [-0.05, 0) is 49.7 Å². The van der Waals surface area contributed by atoms with Crippen LogP contribution in [0.1, 0.15) is 32.1 Å². The highest BCUT2D eigenvalue weighted by molar-refractivity contribution is 6.07. The standard InChI is InChI=1S/C19H24N4O3/c1-23-11-13(16(24)18(23)26)17(25)22-14-10-19(14)7-5-12(6-8-19)21-15-4-2-3-9-20-15/h2-4,9,12,14,24H,5-8,10-11H2,1H3,(H,20,21)(H,22,25)/t12?,14-,19?/m1/s1. The summed E-state index contributed by atoms with van der Waals surface area (Å²) in [6, 6.07) is 6.42. The number of hydrogen-bond donors (Lipinski definition) is 3. The van der Waals surface area contributed by atoms with Crippen molar-refractivity contribution in [2.24, 2.45) is 5.41 Å². The number of aromatic nitrogens is 1. The molecule has 2 heterocycles. The topological polar surface area (TPSA) is 94.6 Å². The number of hydrogen-bond acceptors (Lipinski definition) is 5. The predicted molar refractivity (Wildman–Crippen MR) is 96.4 cm³/mol. The van der Waals surface area contributed by atoms with Crippen molar-refractivity contribution in [2.75, 3.05) is 18.9 Å². The Hall–Kier alpha value is -2.57. The Morgan fingerprint density at radius 2 is 2.12 bits per heavy atom. The molecule has 1 aromatic rings. The quantitative estimate of drug-likeness (QED) is 0.762. The third-order valence-electron chi connectivity index (χ3n) is 6.00. The van der Waals surface area contributed by atoms with Gasteiger partial charge in [0.05, 0.1) is 12.1 Å². The molecule has 7 heteroatoms. The molecule has 2 fully saturated rings. The molecule has 2 saturated carbocycles. The van der Waals surface area contributed by atoms with E-state index >= 15 is 0 Å². The van der Waals surface area contributed by atoms with Gasteiger partial charge >= 0.3 is 0 Å². The highest BCUT2D eigenvalue weighted by atomic mass is 16.3. The van der Waals surface area contributed by atoms with Crippen LogP contribution in [-0.4, -0.2) is 52.5 Å². The summed E-state index contributed by atoms with van der Waals surface area (Å²) < 4.78 is 0. The summed E-state index contributed by atoms with van der Waals surface area (Å²) in [5.41, 5.74) is 0.368. The lowest BCUT2D eigenvalue weighted by Crippen LogP contribution is -2.35. The Labute approximate surface area is 152 Å². The fourth-order valence-electron chi connectivity index (χ4n) is 4.22. The SMILES string of the molecule is CN1CC(C(=O)N[C@@H]2CC23CCC(Nc2ccccn2)CC3)=C(O)C1=O. The fraction of sp³-hybridized carbons (Fsp3) is 0.526. The van der Waals surface area contributed by atoms with Gasteiger partial charge in [-0.3, -0.25) is 9.59 Å². The van der Waals surface area contributed by atoms with E-state index in [9.17, 15) is 14.7 Å². The van der Waals surface area contributed by atoms with E-state index in [0.29, 0.717) is 6.04 Å². The largest absolute Gasteiger partial charge is 0.503 e. The first-order valence-corrected chi connectivity index (χ1v) is 9.14. The van der Waals surface area contributed by atoms with Crippen LogP contribution in [0, 0.1) is 5.41 Å². The number of carbonyl (C=O) groups excluding carboxylic acids is 2. The normalized spacial score (nSPS) is 30.7. The summed E-state index contributed by atoms with van der Waals surface area (Å²) in [5, 5.41) is 16.3. The highest BCUT2D eigenvalue weighted by Crippen LogP contribution is 2.56. The molecule has 7 nitrogen and oxygen atoms in total. The zero-order valence-corrected chi connectivity index (χ0v) is 14.9. The van der Waals surface area contributed by atoms with Gasteiger partial charge in [0.15, 0.2) is 5.76 Å². The average Bonchev–Trinajstić information content (AvgIpc) is 3.24. The first-order valence-electron chi connectivity index (χ1n) is 9.14. The number of nitrogens with zero attached hydrogens (tertiary/aromatic N) is 2. The van der Waals surface area contributed by atoms with Crippen LogP contribution < -0.4 is 10.6 Å². The number of amides is 2. The van der Waals surface area contributed by atoms with Gasteiger partial charge in [0.2, 0.25) is 0 Å². The van der Waals surface area contributed by atoms with E-state index < -0.39 is 11.7 Å². The maximum absolute atomic E-state index is 12.4. The third-order valence-corrected chi connectivity index (χ3v) is 6.00. The fourth-order valence-corrected chi connectivity index (χ4v) is 4.22. The van der Waals surface area contributed by atoms with Crippen molar-refractivity contribution in [2.45, 2.75) is 44.2 Å². The molecule has 3 N–H and O–H groups in total. The van der Waals surface area contributed by atoms with Crippen LogP contribution in [0.5, 0.6) is 0 Å². The molecule has 3 aliphatic rings. The number of carbonyl (C=O) groups is 2. The molecule has 2 aliphatic carbocycles. The predicted octanol–water partition coefficient (Wildman–Crippen LogP) is 1.60. The van der Waals surface area contributed by atoms with Gasteiger partial charge in [0.25, 0.3) is 11.8 Å². The summed E-state index contributed by atoms with van der Waals surface area (Å²) in [6.45, 7) is 0.173. The van der Waals surface area contributed by atoms with E-state index in [4.69, 9.17) is 0 Å². The average molecular weight is 356 g/mol. The molecule has 26 heavy (non-hydrogen) atoms. The zero-order chi connectivity index (χ0) is 18.3. The number of pyridine rings is 1. The van der Waals surface area contributed by atoms with E-state index in [2.05, 4.69) is 15.6 Å². The van der Waals surface area contributed by atoms with Crippen LogP contribution in [0.3, 0.4) is 0 Å². The molecule has 1 aromatic heterocycles. The van der Waals surface area contributed by atoms with E-state index in [-0.39, 0.29) is 29.5 Å². The Bertz CT molecular complexity index is 753. The molecule has 2 amide bonds. The summed E-state index contributed by atoms with van der Waals surface area (Å²) in [4.78, 5) is 29.7. The first-order chi connectivity index (χ1) is 12.5. The Morgan fingerprint density at radius 1 is 1.35 bits per heavy atom. The molecule has 0 aromatic carbocycles. The van der Waals surface area contributed by atoms with Crippen molar-refractivity contribution in [3.63, 3.8) is 0 Å². The second-order valence-corrected chi connectivity index (χ2v) is 7.71. The summed E-state index contributed by atoms with van der Waals surface area (Å²) >= 11 is 0. The second-order valence-electron chi connectivity index (χ2n) is 7.71. The number of anilines is 1. The van der Waals surface area contributed by atoms with Gasteiger partial charge in [0.1, 0.15) is 5.82 Å². The van der Waals surface area contributed by atoms with Crippen LogP contribution >= 0.6 is 0 Å². The van der Waals surface area contributed by atoms with E-state index in [1.165, 1.54) is 4.90 Å². The van der Waals surface area contributed by atoms with Crippen LogP contribution in [0.2, 0.25) is 0 Å². The van der Waals surface area contributed by atoms with Crippen molar-refractivity contribution < 1.29 is 14.7 Å². The smallest absolute Gasteiger partial charge is 0.289 e. The molecule has 138 valence electrons. The van der Waals surface area contributed by atoms with Crippen LogP contribution in [-0.2, 0) is 9.59 Å². The highest BCUT2D eigenvalue weighted by Gasteiger charge is 2.56. The maximum atomic E-state index is 12.4. The second kappa shape index (κ2) is 6.30. The number of nitrogens with one attached hydrogen (secondary N) is 2. The third kappa shape index (κ3) is 3.02. The number of rotatable bonds is 4. The van der Waals surface area contributed by atoms with E-state index in [0.717, 1.165) is 37.9 Å². The Morgan fingerprint density at radius 3 is 2.73 bits per heavy atom. The van der Waals surface area contributed by atoms with Gasteiger partial charge in [0, 0.05) is 25.3 Å². The van der Waals surface area contributed by atoms with Gasteiger partial charge in [-0.25, -0.2) is 4.98 Å². The summed E-state index contributed by atoms with van der Waals surface area (Å²) in [5.74, 6) is -0.299. The molecule has 1 spiro atoms. The monoisotopic (exact) mass is 356 g/mol. The molecule has 1 atom stereocenters. The van der Waals surface area contributed by atoms with Crippen molar-refractivity contribution in [3.8, 4) is 0 Å². The van der Waals surface area contributed by atoms with Crippen molar-refractivity contribution in [3.05, 3.63) is 35.7 Å². The summed E-state index contributed by atoms with van der Waals surface area (Å²) in [7, 11) is 1.58. The zero-order valence-electron chi connectivity index (χ0n) is 14.9. The lowest BCUT2D eigenvalue weighted by molar-refractivity contribution is -0.126. The Balaban J connectivity index is 1.29. The number of likely N-dealkylation sites (N-methyl/N-ethyl adjacent to an activating group) is 1. The van der Waals surface area contributed by atoms with Crippen molar-refractivity contribution in [1.29, 1.82) is 0 Å². The number of aliphatic hydroxyl groups is 1. The molecule has 4 rings (SSSR count). The molecule has 1 aliphatic heterocycles. The van der Waals surface area contributed by atoms with Crippen LogP contribution in [0.15, 0.2) is 35.7 Å². The molecule has 0 saturated heterocycles. The minimum Gasteiger partial charge on any atom is -0.503 e. The first kappa shape index (κ1) is 16.9. The molecule has 0 bridgehead atoms. The van der Waals surface area contributed by atoms with Crippen molar-refractivity contribution in [1.82, 2.24) is 15.2 Å². The lowest BCUT2D eigenvalue weighted by atomic mass is 9.82. The lowest BCUT2D eigenvalue weighted by Gasteiger charge is -2.30. The summed E-state index contributed by atoms with van der Waals surface area (Å²) in [6.07, 6.45) is 7.00. The molecular weight excluding hydrogens is 332 g/mol. The maximum Gasteiger partial charge on any atom is 0.289 e. The molecule has 0 unspecified atom stereocenters. The molecular formula is C19H24N4O3. The minimum absolute atomic E-state index is 0.145. The Kier molecular flexibility index (Phi) is 4.09. The van der Waals surface area contributed by atoms with Gasteiger partial charge in [-0.1, -0.05) is 6.07 Å². The van der Waals surface area contributed by atoms with Crippen LogP contribution in [0.4, 0.5) is 5.82 Å². The van der Waals surface area contributed by atoms with E-state index in [1.807, 2.05) is 18.2 Å². The number of aliphatic hydroxyl groups excluding tert-OH is 1. The van der Waals surface area contributed by atoms with Gasteiger partial charge in [-0.2, -0.15) is 0 Å². The molecule has 0 radical (unpaired) electrons. The minimum atomic E-state index is -0.484. The van der Waals surface area contributed by atoms with Gasteiger partial charge in [-0.15, -0.1) is 0 Å². The van der Waals surface area contributed by atoms with E-state index in [1.54, 1.807) is 13.2 Å². The van der Waals surface area contributed by atoms with Crippen molar-refractivity contribution >= 4 is 17.6 Å².